The van der Waals surface area contributed by atoms with Gasteiger partial charge < -0.3 is 25.4 Å². The van der Waals surface area contributed by atoms with Crippen LogP contribution < -0.4 is 5.32 Å². The van der Waals surface area contributed by atoms with Crippen molar-refractivity contribution in [2.75, 3.05) is 19.8 Å². The Bertz CT molecular complexity index is 268. The molecule has 0 heterocycles. The van der Waals surface area contributed by atoms with E-state index in [-0.39, 0.29) is 19.6 Å². The number of hydrogen-bond acceptors (Lipinski definition) is 6. The van der Waals surface area contributed by atoms with E-state index in [4.69, 9.17) is 5.11 Å². The molecule has 0 aromatic heterocycles. The van der Waals surface area contributed by atoms with E-state index in [1.807, 2.05) is 0 Å². The maximum Gasteiger partial charge on any atom is 0.407 e. The summed E-state index contributed by atoms with van der Waals surface area (Å²) in [5, 5.41) is 29.2. The van der Waals surface area contributed by atoms with Gasteiger partial charge in [0.25, 0.3) is 0 Å². The molecule has 17 heavy (non-hydrogen) atoms. The topological polar surface area (TPSA) is 116 Å². The van der Waals surface area contributed by atoms with Crippen molar-refractivity contribution in [3.8, 4) is 0 Å². The van der Waals surface area contributed by atoms with Crippen LogP contribution in [0.5, 0.6) is 0 Å². The Kier molecular flexibility index (Phi) is 7.95. The summed E-state index contributed by atoms with van der Waals surface area (Å²) in [6.45, 7) is 2.62. The highest BCUT2D eigenvalue weighted by atomic mass is 16.5. The molecule has 0 aliphatic carbocycles. The maximum absolute atomic E-state index is 10.9. The first-order valence-electron chi connectivity index (χ1n) is 5.04. The van der Waals surface area contributed by atoms with Gasteiger partial charge in [-0.15, -0.1) is 0 Å². The van der Waals surface area contributed by atoms with Crippen LogP contribution in [0.4, 0.5) is 4.79 Å². The summed E-state index contributed by atoms with van der Waals surface area (Å²) in [4.78, 5) is 21.7. The van der Waals surface area contributed by atoms with Gasteiger partial charge in [-0.2, -0.15) is 0 Å². The second-order valence-corrected chi connectivity index (χ2v) is 3.24. The minimum Gasteiger partial charge on any atom is -0.445 e. The number of alkyl carbamates (subject to hydrolysis) is 1. The Balaban J connectivity index is 3.77. The Labute approximate surface area is 98.7 Å². The standard InChI is InChI=1S/C10H17NO6/c1-2-5-17-10(16)11-4-3-7(13)9(15)8(14)6-12/h2,7,9,12-13,15H,1,3-6H2,(H,11,16)/t7-,9-/m1/s1. The lowest BCUT2D eigenvalue weighted by Gasteiger charge is -2.15. The van der Waals surface area contributed by atoms with Gasteiger partial charge >= 0.3 is 6.09 Å². The fourth-order valence-electron chi connectivity index (χ4n) is 0.974. The van der Waals surface area contributed by atoms with Gasteiger partial charge in [-0.1, -0.05) is 12.7 Å². The van der Waals surface area contributed by atoms with E-state index in [0.717, 1.165) is 0 Å². The molecular formula is C10H17NO6. The zero-order valence-corrected chi connectivity index (χ0v) is 9.33. The normalized spacial score (nSPS) is 13.6. The average Bonchev–Trinajstić information content (AvgIpc) is 2.34. The first-order chi connectivity index (χ1) is 8.02. The molecule has 0 saturated carbocycles. The van der Waals surface area contributed by atoms with Crippen molar-refractivity contribution in [3.63, 3.8) is 0 Å². The van der Waals surface area contributed by atoms with Crippen molar-refractivity contribution < 1.29 is 29.6 Å². The van der Waals surface area contributed by atoms with E-state index < -0.39 is 30.7 Å². The number of nitrogens with one attached hydrogen (secondary N) is 1. The molecule has 0 aromatic carbocycles. The number of ether oxygens (including phenoxy) is 1. The molecule has 0 aliphatic rings. The number of amides is 1. The van der Waals surface area contributed by atoms with Crippen molar-refractivity contribution >= 4 is 11.9 Å². The molecule has 98 valence electrons. The molecule has 0 aliphatic heterocycles. The average molecular weight is 247 g/mol. The number of ketones is 1. The fourth-order valence-corrected chi connectivity index (χ4v) is 0.974. The summed E-state index contributed by atoms with van der Waals surface area (Å²) in [7, 11) is 0. The van der Waals surface area contributed by atoms with Crippen LogP contribution in [0.3, 0.4) is 0 Å². The molecule has 0 saturated heterocycles. The number of carbonyl (C=O) groups is 2. The Morgan fingerprint density at radius 3 is 2.59 bits per heavy atom. The first-order valence-corrected chi connectivity index (χ1v) is 5.04. The van der Waals surface area contributed by atoms with Crippen molar-refractivity contribution in [1.29, 1.82) is 0 Å². The lowest BCUT2D eigenvalue weighted by molar-refractivity contribution is -0.135. The second kappa shape index (κ2) is 8.68. The van der Waals surface area contributed by atoms with E-state index >= 15 is 0 Å². The zero-order valence-electron chi connectivity index (χ0n) is 9.33. The molecule has 0 radical (unpaired) electrons. The van der Waals surface area contributed by atoms with Gasteiger partial charge in [0.05, 0.1) is 6.10 Å². The number of rotatable bonds is 8. The Morgan fingerprint density at radius 1 is 1.41 bits per heavy atom. The van der Waals surface area contributed by atoms with E-state index in [2.05, 4.69) is 16.6 Å². The number of aliphatic hydroxyl groups excluding tert-OH is 3. The predicted octanol–water partition coefficient (Wildman–Crippen LogP) is -1.43. The molecule has 2 atom stereocenters. The van der Waals surface area contributed by atoms with Gasteiger partial charge in [-0.05, 0) is 6.42 Å². The number of Topliss-reactive ketones (excluding diaryl/α,β-unsaturated/α-hetero) is 1. The number of aliphatic hydroxyl groups is 3. The number of hydrogen-bond donors (Lipinski definition) is 4. The molecular weight excluding hydrogens is 230 g/mol. The summed E-state index contributed by atoms with van der Waals surface area (Å²) in [6.07, 6.45) is -2.30. The Hall–Kier alpha value is -1.44. The highest BCUT2D eigenvalue weighted by Crippen LogP contribution is 1.99. The van der Waals surface area contributed by atoms with Gasteiger partial charge in [0.1, 0.15) is 19.3 Å². The lowest BCUT2D eigenvalue weighted by atomic mass is 10.1. The highest BCUT2D eigenvalue weighted by molar-refractivity contribution is 5.84. The van der Waals surface area contributed by atoms with Crippen LogP contribution in [0.2, 0.25) is 0 Å². The van der Waals surface area contributed by atoms with E-state index in [1.54, 1.807) is 0 Å². The number of carbonyl (C=O) groups excluding carboxylic acids is 2. The summed E-state index contributed by atoms with van der Waals surface area (Å²) < 4.78 is 4.58. The van der Waals surface area contributed by atoms with Gasteiger partial charge in [-0.25, -0.2) is 4.79 Å². The quantitative estimate of drug-likeness (QED) is 0.391. The molecule has 0 unspecified atom stereocenters. The van der Waals surface area contributed by atoms with Gasteiger partial charge in [0.2, 0.25) is 0 Å². The summed E-state index contributed by atoms with van der Waals surface area (Å²) in [5.41, 5.74) is 0. The first kappa shape index (κ1) is 15.6. The predicted molar refractivity (Wildman–Crippen MR) is 58.3 cm³/mol. The summed E-state index contributed by atoms with van der Waals surface area (Å²) in [6, 6.07) is 0. The summed E-state index contributed by atoms with van der Waals surface area (Å²) >= 11 is 0. The van der Waals surface area contributed by atoms with Gasteiger partial charge in [0.15, 0.2) is 5.78 Å². The van der Waals surface area contributed by atoms with E-state index in [9.17, 15) is 19.8 Å². The largest absolute Gasteiger partial charge is 0.445 e. The molecule has 4 N–H and O–H groups in total. The molecule has 7 heteroatoms. The third-order valence-corrected chi connectivity index (χ3v) is 1.89. The fraction of sp³-hybridized carbons (Fsp3) is 0.600. The van der Waals surface area contributed by atoms with Crippen molar-refractivity contribution in [2.24, 2.45) is 0 Å². The Morgan fingerprint density at radius 2 is 2.06 bits per heavy atom. The van der Waals surface area contributed by atoms with Crippen LogP contribution in [-0.2, 0) is 9.53 Å². The van der Waals surface area contributed by atoms with E-state index in [0.29, 0.717) is 0 Å². The molecule has 0 fully saturated rings. The van der Waals surface area contributed by atoms with Crippen molar-refractivity contribution in [2.45, 2.75) is 18.6 Å². The van der Waals surface area contributed by atoms with Gasteiger partial charge in [-0.3, -0.25) is 4.79 Å². The third kappa shape index (κ3) is 6.67. The molecule has 0 spiro atoms. The monoisotopic (exact) mass is 247 g/mol. The van der Waals surface area contributed by atoms with Crippen LogP contribution in [0.25, 0.3) is 0 Å². The molecule has 0 bridgehead atoms. The molecule has 1 amide bonds. The lowest BCUT2D eigenvalue weighted by Crippen LogP contribution is -2.38. The van der Waals surface area contributed by atoms with Crippen molar-refractivity contribution in [3.05, 3.63) is 12.7 Å². The van der Waals surface area contributed by atoms with Crippen LogP contribution >= 0.6 is 0 Å². The van der Waals surface area contributed by atoms with Crippen LogP contribution in [0.15, 0.2) is 12.7 Å². The SMILES string of the molecule is C=CCOC(=O)NCC[C@@H](O)[C@@H](O)C(=O)CO. The van der Waals surface area contributed by atoms with Crippen LogP contribution in [0, 0.1) is 0 Å². The second-order valence-electron chi connectivity index (χ2n) is 3.24. The van der Waals surface area contributed by atoms with Crippen molar-refractivity contribution in [1.82, 2.24) is 5.32 Å². The highest BCUT2D eigenvalue weighted by Gasteiger charge is 2.22. The molecule has 0 rings (SSSR count). The zero-order chi connectivity index (χ0) is 13.3. The minimum absolute atomic E-state index is 0.0317. The van der Waals surface area contributed by atoms with Gasteiger partial charge in [0, 0.05) is 6.54 Å². The van der Waals surface area contributed by atoms with E-state index in [1.165, 1.54) is 6.08 Å². The van der Waals surface area contributed by atoms with Crippen LogP contribution in [-0.4, -0.2) is 59.2 Å². The molecule has 0 aromatic rings. The molecule has 7 nitrogen and oxygen atoms in total. The third-order valence-electron chi connectivity index (χ3n) is 1.89. The maximum atomic E-state index is 10.9. The van der Waals surface area contributed by atoms with Crippen LogP contribution in [0.1, 0.15) is 6.42 Å². The smallest absolute Gasteiger partial charge is 0.407 e. The minimum atomic E-state index is -1.65. The summed E-state index contributed by atoms with van der Waals surface area (Å²) in [5.74, 6) is -0.869.